The van der Waals surface area contributed by atoms with E-state index < -0.39 is 0 Å². The average molecular weight is 266 g/mol. The third-order valence-corrected chi connectivity index (χ3v) is 3.25. The second-order valence-electron chi connectivity index (χ2n) is 7.28. The van der Waals surface area contributed by atoms with E-state index in [1.54, 1.807) is 6.33 Å². The van der Waals surface area contributed by atoms with Gasteiger partial charge in [0.25, 0.3) is 0 Å². The molecule has 110 valence electrons. The van der Waals surface area contributed by atoms with E-state index in [9.17, 15) is 0 Å². The average Bonchev–Trinajstić information content (AvgIpc) is 2.61. The molecule has 0 aromatic carbocycles. The molecule has 2 N–H and O–H groups in total. The van der Waals surface area contributed by atoms with Crippen molar-refractivity contribution in [1.82, 2.24) is 14.8 Å². The monoisotopic (exact) mass is 266 g/mol. The molecule has 2 atom stereocenters. The van der Waals surface area contributed by atoms with Gasteiger partial charge in [0.1, 0.15) is 12.2 Å². The van der Waals surface area contributed by atoms with E-state index in [0.29, 0.717) is 17.4 Å². The van der Waals surface area contributed by atoms with Crippen molar-refractivity contribution in [2.24, 2.45) is 17.1 Å². The second kappa shape index (κ2) is 6.51. The normalized spacial score (nSPS) is 15.8. The van der Waals surface area contributed by atoms with E-state index in [2.05, 4.69) is 51.6 Å². The molecule has 0 bridgehead atoms. The Bertz CT molecular complexity index is 376. The van der Waals surface area contributed by atoms with E-state index in [1.807, 2.05) is 4.68 Å². The van der Waals surface area contributed by atoms with Crippen LogP contribution in [0.4, 0.5) is 0 Å². The van der Waals surface area contributed by atoms with Gasteiger partial charge in [0.05, 0.1) is 0 Å². The molecule has 1 heterocycles. The van der Waals surface area contributed by atoms with Crippen LogP contribution in [0.5, 0.6) is 0 Å². The van der Waals surface area contributed by atoms with Crippen molar-refractivity contribution >= 4 is 0 Å². The lowest BCUT2D eigenvalue weighted by Crippen LogP contribution is -2.28. The summed E-state index contributed by atoms with van der Waals surface area (Å²) in [4.78, 5) is 4.33. The number of rotatable bonds is 6. The van der Waals surface area contributed by atoms with Gasteiger partial charge in [-0.15, -0.1) is 0 Å². The van der Waals surface area contributed by atoms with Crippen molar-refractivity contribution in [3.05, 3.63) is 12.2 Å². The van der Waals surface area contributed by atoms with Gasteiger partial charge < -0.3 is 5.73 Å². The van der Waals surface area contributed by atoms with Crippen LogP contribution in [0.1, 0.15) is 66.3 Å². The van der Waals surface area contributed by atoms with E-state index >= 15 is 0 Å². The van der Waals surface area contributed by atoms with Crippen molar-refractivity contribution < 1.29 is 0 Å². The maximum atomic E-state index is 6.27. The summed E-state index contributed by atoms with van der Waals surface area (Å²) in [5.41, 5.74) is 6.64. The van der Waals surface area contributed by atoms with Gasteiger partial charge in [-0.3, -0.25) is 0 Å². The van der Waals surface area contributed by atoms with Crippen LogP contribution in [0, 0.1) is 11.3 Å². The fourth-order valence-corrected chi connectivity index (χ4v) is 2.81. The first-order valence-corrected chi connectivity index (χ1v) is 7.33. The lowest BCUT2D eigenvalue weighted by atomic mass is 9.82. The Morgan fingerprint density at radius 3 is 2.42 bits per heavy atom. The minimum atomic E-state index is 0.166. The Morgan fingerprint density at radius 1 is 1.26 bits per heavy atom. The van der Waals surface area contributed by atoms with Gasteiger partial charge in [-0.05, 0) is 38.0 Å². The highest BCUT2D eigenvalue weighted by Gasteiger charge is 2.19. The zero-order chi connectivity index (χ0) is 14.6. The highest BCUT2D eigenvalue weighted by molar-refractivity contribution is 4.91. The van der Waals surface area contributed by atoms with Crippen molar-refractivity contribution in [3.8, 4) is 0 Å². The van der Waals surface area contributed by atoms with Crippen molar-refractivity contribution in [3.63, 3.8) is 0 Å². The maximum Gasteiger partial charge on any atom is 0.138 e. The predicted octanol–water partition coefficient (Wildman–Crippen LogP) is 3.19. The van der Waals surface area contributed by atoms with Gasteiger partial charge in [-0.2, -0.15) is 5.10 Å². The molecule has 0 saturated heterocycles. The molecule has 0 radical (unpaired) electrons. The summed E-state index contributed by atoms with van der Waals surface area (Å²) >= 11 is 0. The van der Waals surface area contributed by atoms with Crippen LogP contribution in [-0.2, 0) is 6.42 Å². The van der Waals surface area contributed by atoms with Gasteiger partial charge in [0.15, 0.2) is 0 Å². The Balaban J connectivity index is 2.51. The minimum absolute atomic E-state index is 0.166. The molecule has 1 aromatic rings. The largest absolute Gasteiger partial charge is 0.327 e. The molecule has 4 nitrogen and oxygen atoms in total. The van der Waals surface area contributed by atoms with Crippen molar-refractivity contribution in [2.75, 3.05) is 0 Å². The molecule has 1 aromatic heterocycles. The van der Waals surface area contributed by atoms with Crippen molar-refractivity contribution in [1.29, 1.82) is 0 Å². The van der Waals surface area contributed by atoms with Crippen LogP contribution in [-0.4, -0.2) is 20.8 Å². The SMILES string of the molecule is CC(CC(N)Cc1ncnn1C(C)C)CC(C)(C)C. The summed E-state index contributed by atoms with van der Waals surface area (Å²) < 4.78 is 1.97. The number of nitrogens with zero attached hydrogens (tertiary/aromatic N) is 3. The molecule has 0 aliphatic heterocycles. The first-order valence-electron chi connectivity index (χ1n) is 7.33. The van der Waals surface area contributed by atoms with Crippen LogP contribution in [0.2, 0.25) is 0 Å². The lowest BCUT2D eigenvalue weighted by Gasteiger charge is -2.25. The number of hydrogen-bond acceptors (Lipinski definition) is 3. The molecule has 19 heavy (non-hydrogen) atoms. The van der Waals surface area contributed by atoms with Gasteiger partial charge in [-0.25, -0.2) is 9.67 Å². The van der Waals surface area contributed by atoms with E-state index in [-0.39, 0.29) is 6.04 Å². The quantitative estimate of drug-likeness (QED) is 0.860. The summed E-state index contributed by atoms with van der Waals surface area (Å²) in [6, 6.07) is 0.510. The predicted molar refractivity (Wildman–Crippen MR) is 79.9 cm³/mol. The zero-order valence-electron chi connectivity index (χ0n) is 13.3. The molecular weight excluding hydrogens is 236 g/mol. The Kier molecular flexibility index (Phi) is 5.53. The fourth-order valence-electron chi connectivity index (χ4n) is 2.81. The summed E-state index contributed by atoms with van der Waals surface area (Å²) in [5.74, 6) is 1.65. The Labute approximate surface area is 117 Å². The number of aromatic nitrogens is 3. The van der Waals surface area contributed by atoms with Crippen LogP contribution in [0.25, 0.3) is 0 Å². The van der Waals surface area contributed by atoms with Gasteiger partial charge in [0, 0.05) is 18.5 Å². The molecule has 0 amide bonds. The minimum Gasteiger partial charge on any atom is -0.327 e. The second-order valence-corrected chi connectivity index (χ2v) is 7.28. The molecular formula is C15H30N4. The van der Waals surface area contributed by atoms with Crippen LogP contribution < -0.4 is 5.73 Å². The summed E-state index contributed by atoms with van der Waals surface area (Å²) in [6.45, 7) is 13.4. The third-order valence-electron chi connectivity index (χ3n) is 3.25. The molecule has 0 aliphatic carbocycles. The molecule has 4 heteroatoms. The van der Waals surface area contributed by atoms with Gasteiger partial charge >= 0.3 is 0 Å². The summed E-state index contributed by atoms with van der Waals surface area (Å²) in [7, 11) is 0. The van der Waals surface area contributed by atoms with Crippen LogP contribution in [0.3, 0.4) is 0 Å². The highest BCUT2D eigenvalue weighted by atomic mass is 15.3. The van der Waals surface area contributed by atoms with E-state index in [0.717, 1.165) is 18.7 Å². The summed E-state index contributed by atoms with van der Waals surface area (Å²) in [6.07, 6.45) is 4.69. The van der Waals surface area contributed by atoms with Crippen molar-refractivity contribution in [2.45, 2.75) is 72.9 Å². The molecule has 2 unspecified atom stereocenters. The fraction of sp³-hybridized carbons (Fsp3) is 0.867. The molecule has 1 rings (SSSR count). The van der Waals surface area contributed by atoms with E-state index in [1.165, 1.54) is 6.42 Å². The standard InChI is InChI=1S/C15H30N4/c1-11(2)19-14(17-10-18-19)8-13(16)7-12(3)9-15(4,5)6/h10-13H,7-9,16H2,1-6H3. The van der Waals surface area contributed by atoms with E-state index in [4.69, 9.17) is 5.73 Å². The smallest absolute Gasteiger partial charge is 0.138 e. The molecule has 0 saturated carbocycles. The Morgan fingerprint density at radius 2 is 1.89 bits per heavy atom. The first-order chi connectivity index (χ1) is 8.69. The number of nitrogens with two attached hydrogens (primary N) is 1. The zero-order valence-corrected chi connectivity index (χ0v) is 13.3. The molecule has 0 spiro atoms. The summed E-state index contributed by atoms with van der Waals surface area (Å²) in [5, 5.41) is 4.26. The van der Waals surface area contributed by atoms with Crippen LogP contribution in [0.15, 0.2) is 6.33 Å². The number of hydrogen-bond donors (Lipinski definition) is 1. The lowest BCUT2D eigenvalue weighted by molar-refractivity contribution is 0.284. The van der Waals surface area contributed by atoms with Crippen LogP contribution >= 0.6 is 0 Å². The maximum absolute atomic E-state index is 6.27. The van der Waals surface area contributed by atoms with Gasteiger partial charge in [0.2, 0.25) is 0 Å². The molecule has 0 aliphatic rings. The Hall–Kier alpha value is -0.900. The first kappa shape index (κ1) is 16.2. The third kappa shape index (κ3) is 5.72. The topological polar surface area (TPSA) is 56.7 Å². The highest BCUT2D eigenvalue weighted by Crippen LogP contribution is 2.26. The molecule has 0 fully saturated rings. The van der Waals surface area contributed by atoms with Gasteiger partial charge in [-0.1, -0.05) is 27.7 Å².